The van der Waals surface area contributed by atoms with Crippen LogP contribution in [0.4, 0.5) is 5.69 Å². The van der Waals surface area contributed by atoms with E-state index >= 15 is 0 Å². The molecule has 0 aromatic heterocycles. The Morgan fingerprint density at radius 1 is 1.29 bits per heavy atom. The molecule has 0 radical (unpaired) electrons. The summed E-state index contributed by atoms with van der Waals surface area (Å²) in [6.07, 6.45) is 3.53. The highest BCUT2D eigenvalue weighted by atomic mass is 79.9. The molecule has 3 nitrogen and oxygen atoms in total. The zero-order chi connectivity index (χ0) is 15.0. The highest BCUT2D eigenvalue weighted by molar-refractivity contribution is 9.10. The first-order valence-electron chi connectivity index (χ1n) is 7.99. The molecule has 2 fully saturated rings. The molecule has 2 unspecified atom stereocenters. The third-order valence-corrected chi connectivity index (χ3v) is 5.83. The van der Waals surface area contributed by atoms with E-state index in [1.165, 1.54) is 31.5 Å². The summed E-state index contributed by atoms with van der Waals surface area (Å²) in [5, 5.41) is 9.74. The van der Waals surface area contributed by atoms with Crippen molar-refractivity contribution >= 4 is 21.6 Å². The molecule has 0 amide bonds. The lowest BCUT2D eigenvalue weighted by atomic mass is 9.84. The van der Waals surface area contributed by atoms with Gasteiger partial charge >= 0.3 is 0 Å². The van der Waals surface area contributed by atoms with Crippen molar-refractivity contribution in [1.29, 1.82) is 0 Å². The van der Waals surface area contributed by atoms with Crippen LogP contribution in [-0.4, -0.2) is 42.7 Å². The zero-order valence-corrected chi connectivity index (χ0v) is 14.5. The summed E-state index contributed by atoms with van der Waals surface area (Å²) >= 11 is 3.60. The largest absolute Gasteiger partial charge is 0.389 e. The fraction of sp³-hybridized carbons (Fsp3) is 0.647. The van der Waals surface area contributed by atoms with Crippen LogP contribution < -0.4 is 4.90 Å². The number of fused-ring (bicyclic) bond motifs is 1. The van der Waals surface area contributed by atoms with Crippen LogP contribution in [0, 0.1) is 5.92 Å². The number of piperidine rings is 2. The van der Waals surface area contributed by atoms with Gasteiger partial charge in [0.25, 0.3) is 0 Å². The molecular weight excluding hydrogens is 328 g/mol. The van der Waals surface area contributed by atoms with Crippen LogP contribution in [0.1, 0.15) is 37.9 Å². The number of rotatable bonds is 2. The Kier molecular flexibility index (Phi) is 4.57. The lowest BCUT2D eigenvalue weighted by molar-refractivity contribution is 0.102. The van der Waals surface area contributed by atoms with Crippen LogP contribution >= 0.6 is 15.9 Å². The van der Waals surface area contributed by atoms with Crippen LogP contribution in [0.15, 0.2) is 22.7 Å². The minimum absolute atomic E-state index is 0.425. The Labute approximate surface area is 136 Å². The molecule has 1 N–H and O–H groups in total. The van der Waals surface area contributed by atoms with E-state index in [9.17, 15) is 5.11 Å². The van der Waals surface area contributed by atoms with Gasteiger partial charge in [-0.3, -0.25) is 0 Å². The fourth-order valence-corrected chi connectivity index (χ4v) is 4.64. The third-order valence-electron chi connectivity index (χ3n) is 5.14. The molecule has 1 aromatic carbocycles. The van der Waals surface area contributed by atoms with Crippen LogP contribution in [0.2, 0.25) is 0 Å². The smallest absolute Gasteiger partial charge is 0.0772 e. The molecule has 0 spiro atoms. The number of benzene rings is 1. The van der Waals surface area contributed by atoms with E-state index in [0.29, 0.717) is 0 Å². The van der Waals surface area contributed by atoms with Crippen LogP contribution in [0.5, 0.6) is 0 Å². The first kappa shape index (κ1) is 15.3. The second-order valence-electron chi connectivity index (χ2n) is 6.57. The zero-order valence-electron chi connectivity index (χ0n) is 12.9. The number of likely N-dealkylation sites (tertiary alicyclic amines) is 1. The molecule has 0 saturated carbocycles. The maximum atomic E-state index is 9.74. The first-order chi connectivity index (χ1) is 10.1. The monoisotopic (exact) mass is 352 g/mol. The fourth-order valence-electron chi connectivity index (χ4n) is 3.94. The first-order valence-corrected chi connectivity index (χ1v) is 8.78. The highest BCUT2D eigenvalue weighted by Gasteiger charge is 2.34. The Morgan fingerprint density at radius 2 is 2.10 bits per heavy atom. The Balaban J connectivity index is 1.75. The lowest BCUT2D eigenvalue weighted by Crippen LogP contribution is -2.52. The Hall–Kier alpha value is -0.580. The van der Waals surface area contributed by atoms with E-state index in [-0.39, 0.29) is 0 Å². The van der Waals surface area contributed by atoms with Gasteiger partial charge in [0.15, 0.2) is 0 Å². The summed E-state index contributed by atoms with van der Waals surface area (Å²) in [5.41, 5.74) is 2.24. The summed E-state index contributed by atoms with van der Waals surface area (Å²) in [6, 6.07) is 7.13. The number of aliphatic hydroxyl groups excluding tert-OH is 1. The molecule has 3 atom stereocenters. The number of aliphatic hydroxyl groups is 1. The van der Waals surface area contributed by atoms with Gasteiger partial charge < -0.3 is 14.9 Å². The molecule has 3 rings (SSSR count). The summed E-state index contributed by atoms with van der Waals surface area (Å²) in [5.74, 6) is 0.799. The van der Waals surface area contributed by atoms with E-state index in [0.717, 1.165) is 35.1 Å². The molecule has 2 heterocycles. The Morgan fingerprint density at radius 3 is 2.81 bits per heavy atom. The predicted molar refractivity (Wildman–Crippen MR) is 90.7 cm³/mol. The van der Waals surface area contributed by atoms with Crippen molar-refractivity contribution in [1.82, 2.24) is 4.90 Å². The van der Waals surface area contributed by atoms with Crippen molar-refractivity contribution < 1.29 is 5.11 Å². The number of anilines is 1. The molecule has 2 saturated heterocycles. The van der Waals surface area contributed by atoms with Crippen LogP contribution in [0.3, 0.4) is 0 Å². The SMILES string of the molecule is C[C@@H](O)c1ccc(N2CCC3C(CCCN3C)C2)cc1Br. The maximum Gasteiger partial charge on any atom is 0.0772 e. The normalized spacial score (nSPS) is 28.3. The maximum absolute atomic E-state index is 9.74. The number of nitrogens with zero attached hydrogens (tertiary/aromatic N) is 2. The summed E-state index contributed by atoms with van der Waals surface area (Å²) in [4.78, 5) is 5.06. The van der Waals surface area contributed by atoms with E-state index in [1.807, 2.05) is 13.0 Å². The molecule has 2 aliphatic heterocycles. The van der Waals surface area contributed by atoms with Crippen molar-refractivity contribution in [2.75, 3.05) is 31.6 Å². The topological polar surface area (TPSA) is 26.7 Å². The second-order valence-corrected chi connectivity index (χ2v) is 7.42. The van der Waals surface area contributed by atoms with Crippen molar-refractivity contribution in [3.05, 3.63) is 28.2 Å². The average molecular weight is 353 g/mol. The quantitative estimate of drug-likeness (QED) is 0.883. The predicted octanol–water partition coefficient (Wildman–Crippen LogP) is 3.42. The van der Waals surface area contributed by atoms with E-state index < -0.39 is 6.10 Å². The number of halogens is 1. The molecule has 4 heteroatoms. The van der Waals surface area contributed by atoms with Crippen LogP contribution in [0.25, 0.3) is 0 Å². The number of hydrogen-bond donors (Lipinski definition) is 1. The summed E-state index contributed by atoms with van der Waals surface area (Å²) < 4.78 is 1.01. The third kappa shape index (κ3) is 3.13. The summed E-state index contributed by atoms with van der Waals surface area (Å²) in [6.45, 7) is 5.36. The average Bonchev–Trinajstić information content (AvgIpc) is 2.46. The molecule has 0 aliphatic carbocycles. The molecule has 21 heavy (non-hydrogen) atoms. The highest BCUT2D eigenvalue weighted by Crippen LogP contribution is 2.34. The van der Waals surface area contributed by atoms with Gasteiger partial charge in [0, 0.05) is 29.3 Å². The minimum atomic E-state index is -0.425. The van der Waals surface area contributed by atoms with Gasteiger partial charge in [-0.15, -0.1) is 0 Å². The molecule has 2 aliphatic rings. The molecule has 116 valence electrons. The second kappa shape index (κ2) is 6.27. The van der Waals surface area contributed by atoms with E-state index in [2.05, 4.69) is 44.9 Å². The molecule has 1 aromatic rings. The minimum Gasteiger partial charge on any atom is -0.389 e. The van der Waals surface area contributed by atoms with Gasteiger partial charge in [0.1, 0.15) is 0 Å². The van der Waals surface area contributed by atoms with Crippen molar-refractivity contribution in [2.45, 2.75) is 38.3 Å². The van der Waals surface area contributed by atoms with Gasteiger partial charge in [0.2, 0.25) is 0 Å². The number of hydrogen-bond acceptors (Lipinski definition) is 3. The van der Waals surface area contributed by atoms with Gasteiger partial charge in [-0.25, -0.2) is 0 Å². The van der Waals surface area contributed by atoms with Crippen molar-refractivity contribution in [3.8, 4) is 0 Å². The van der Waals surface area contributed by atoms with Gasteiger partial charge in [-0.2, -0.15) is 0 Å². The van der Waals surface area contributed by atoms with E-state index in [4.69, 9.17) is 0 Å². The van der Waals surface area contributed by atoms with Crippen molar-refractivity contribution in [2.24, 2.45) is 5.92 Å². The van der Waals surface area contributed by atoms with E-state index in [1.54, 1.807) is 0 Å². The lowest BCUT2D eigenvalue weighted by Gasteiger charge is -2.46. The van der Waals surface area contributed by atoms with Gasteiger partial charge in [-0.1, -0.05) is 22.0 Å². The molecule has 0 bridgehead atoms. The van der Waals surface area contributed by atoms with Crippen molar-refractivity contribution in [3.63, 3.8) is 0 Å². The van der Waals surface area contributed by atoms with Gasteiger partial charge in [-0.05, 0) is 63.4 Å². The van der Waals surface area contributed by atoms with Gasteiger partial charge in [0.05, 0.1) is 6.10 Å². The van der Waals surface area contributed by atoms with Crippen LogP contribution in [-0.2, 0) is 0 Å². The summed E-state index contributed by atoms with van der Waals surface area (Å²) in [7, 11) is 2.28. The Bertz CT molecular complexity index is 506. The standard InChI is InChI=1S/C17H25BrN2O/c1-12(21)15-6-5-14(10-16(15)18)20-9-7-17-13(11-20)4-3-8-19(17)2/h5-6,10,12-13,17,21H,3-4,7-9,11H2,1-2H3/t12-,13?,17?/m1/s1. The molecular formula is C17H25BrN2O.